The molecule has 1 fully saturated rings. The van der Waals surface area contributed by atoms with Gasteiger partial charge in [-0.2, -0.15) is 0 Å². The predicted octanol–water partition coefficient (Wildman–Crippen LogP) is 3.01. The molecule has 2 amide bonds. The van der Waals surface area contributed by atoms with Crippen molar-refractivity contribution in [3.63, 3.8) is 0 Å². The molecule has 1 aliphatic heterocycles. The lowest BCUT2D eigenvalue weighted by atomic mass is 9.84. The number of benzene rings is 1. The van der Waals surface area contributed by atoms with E-state index in [1.54, 1.807) is 26.1 Å². The van der Waals surface area contributed by atoms with Crippen LogP contribution in [0.2, 0.25) is 0 Å². The third-order valence-electron chi connectivity index (χ3n) is 6.24. The average molecular weight is 528 g/mol. The largest absolute Gasteiger partial charge is 0.389 e. The maximum atomic E-state index is 14.2. The molecule has 3 heterocycles. The molecule has 38 heavy (non-hydrogen) atoms. The Morgan fingerprint density at radius 1 is 1.13 bits per heavy atom. The summed E-state index contributed by atoms with van der Waals surface area (Å²) < 4.78 is 32.6. The number of carbonyl (C=O) groups excluding carboxylic acids is 2. The number of amides is 2. The Morgan fingerprint density at radius 2 is 1.87 bits per heavy atom. The smallest absolute Gasteiger partial charge is 0.274 e. The Bertz CT molecular complexity index is 1310. The van der Waals surface area contributed by atoms with Gasteiger partial charge < -0.3 is 20.3 Å². The molecule has 0 atom stereocenters. The Labute approximate surface area is 219 Å². The van der Waals surface area contributed by atoms with Crippen LogP contribution in [0.4, 0.5) is 8.78 Å². The van der Waals surface area contributed by atoms with Gasteiger partial charge in [-0.25, -0.2) is 8.78 Å². The van der Waals surface area contributed by atoms with Crippen molar-refractivity contribution >= 4 is 11.8 Å². The van der Waals surface area contributed by atoms with E-state index in [1.165, 1.54) is 12.1 Å². The van der Waals surface area contributed by atoms with Crippen LogP contribution in [0.1, 0.15) is 50.3 Å². The molecule has 0 radical (unpaired) electrons. The van der Waals surface area contributed by atoms with E-state index in [1.807, 2.05) is 30.9 Å². The van der Waals surface area contributed by atoms with Crippen LogP contribution in [0.25, 0.3) is 11.3 Å². The topological polar surface area (TPSA) is 121 Å². The van der Waals surface area contributed by atoms with Crippen molar-refractivity contribution < 1.29 is 28.0 Å². The first-order valence-electron chi connectivity index (χ1n) is 12.2. The van der Waals surface area contributed by atoms with Crippen molar-refractivity contribution in [1.82, 2.24) is 25.7 Å². The second kappa shape index (κ2) is 10.2. The quantitative estimate of drug-likeness (QED) is 0.391. The van der Waals surface area contributed by atoms with E-state index in [0.29, 0.717) is 31.4 Å². The molecule has 1 saturated heterocycles. The summed E-state index contributed by atoms with van der Waals surface area (Å²) in [5.74, 6) is -2.53. The average Bonchev–Trinajstić information content (AvgIpc) is 3.27. The Kier molecular flexibility index (Phi) is 7.35. The second-order valence-electron chi connectivity index (χ2n) is 11.0. The lowest BCUT2D eigenvalue weighted by Crippen LogP contribution is -2.72. The number of nitrogens with zero attached hydrogens (tertiary/aromatic N) is 3. The molecule has 0 unspecified atom stereocenters. The van der Waals surface area contributed by atoms with Crippen LogP contribution in [0, 0.1) is 11.6 Å². The van der Waals surface area contributed by atoms with Crippen LogP contribution in [0.3, 0.4) is 0 Å². The Morgan fingerprint density at radius 3 is 2.50 bits per heavy atom. The van der Waals surface area contributed by atoms with Crippen molar-refractivity contribution in [3.8, 4) is 11.3 Å². The van der Waals surface area contributed by atoms with Crippen molar-refractivity contribution in [2.24, 2.45) is 0 Å². The third-order valence-corrected chi connectivity index (χ3v) is 6.24. The summed E-state index contributed by atoms with van der Waals surface area (Å²) in [6.07, 6.45) is 1.62. The third kappa shape index (κ3) is 6.40. The maximum absolute atomic E-state index is 14.2. The Hall–Kier alpha value is -3.70. The number of hydrogen-bond acceptors (Lipinski definition) is 7. The number of likely N-dealkylation sites (tertiary alicyclic amines) is 1. The first-order chi connectivity index (χ1) is 17.8. The van der Waals surface area contributed by atoms with Gasteiger partial charge in [0.15, 0.2) is 11.5 Å². The van der Waals surface area contributed by atoms with Crippen molar-refractivity contribution in [2.75, 3.05) is 19.6 Å². The van der Waals surface area contributed by atoms with Crippen LogP contribution in [0.5, 0.6) is 0 Å². The number of rotatable bonds is 9. The van der Waals surface area contributed by atoms with Gasteiger partial charge in [-0.3, -0.25) is 19.5 Å². The molecular formula is C27H31F2N5O4. The number of halogens is 2. The highest BCUT2D eigenvalue weighted by Crippen LogP contribution is 2.29. The van der Waals surface area contributed by atoms with Crippen LogP contribution in [-0.4, -0.2) is 62.7 Å². The van der Waals surface area contributed by atoms with Crippen LogP contribution in [0.15, 0.2) is 53.2 Å². The van der Waals surface area contributed by atoms with Gasteiger partial charge in [0.25, 0.3) is 5.91 Å². The molecule has 0 spiro atoms. The molecular weight excluding hydrogens is 496 g/mol. The van der Waals surface area contributed by atoms with Gasteiger partial charge in [0.2, 0.25) is 5.91 Å². The molecule has 0 aliphatic carbocycles. The number of hydrogen-bond donors (Lipinski definition) is 3. The minimum Gasteiger partial charge on any atom is -0.389 e. The first-order valence-corrected chi connectivity index (χ1v) is 12.2. The molecule has 3 aromatic rings. The van der Waals surface area contributed by atoms with E-state index < -0.39 is 34.2 Å². The van der Waals surface area contributed by atoms with Crippen molar-refractivity contribution in [1.29, 1.82) is 0 Å². The fourth-order valence-corrected chi connectivity index (χ4v) is 4.70. The summed E-state index contributed by atoms with van der Waals surface area (Å²) in [5.41, 5.74) is -2.11. The van der Waals surface area contributed by atoms with E-state index >= 15 is 0 Å². The van der Waals surface area contributed by atoms with Crippen LogP contribution in [-0.2, 0) is 10.3 Å². The SMILES string of the molecule is CC(C)(O)CN1CC(CC(=O)NC(C)(C)c2ccccn2)(NC(=O)c2cc(-c3ccc(F)cc3F)on2)C1. The number of nitrogens with one attached hydrogen (secondary N) is 2. The lowest BCUT2D eigenvalue weighted by molar-refractivity contribution is -0.126. The Balaban J connectivity index is 1.49. The number of pyridine rings is 1. The number of aromatic nitrogens is 2. The molecule has 3 N–H and O–H groups in total. The lowest BCUT2D eigenvalue weighted by Gasteiger charge is -2.51. The molecule has 2 aromatic heterocycles. The highest BCUT2D eigenvalue weighted by Gasteiger charge is 2.47. The van der Waals surface area contributed by atoms with E-state index in [0.717, 1.165) is 6.07 Å². The number of carbonyl (C=O) groups is 2. The van der Waals surface area contributed by atoms with Gasteiger partial charge in [-0.05, 0) is 52.0 Å². The molecule has 11 heteroatoms. The fraction of sp³-hybridized carbons (Fsp3) is 0.407. The van der Waals surface area contributed by atoms with Gasteiger partial charge in [-0.1, -0.05) is 11.2 Å². The summed E-state index contributed by atoms with van der Waals surface area (Å²) in [4.78, 5) is 32.5. The molecule has 1 aliphatic rings. The van der Waals surface area contributed by atoms with Gasteiger partial charge in [0.05, 0.1) is 34.4 Å². The zero-order chi connectivity index (χ0) is 27.7. The highest BCUT2D eigenvalue weighted by atomic mass is 19.1. The number of β-amino-alcohol motifs (C(OH)–C–C–N with tert-alkyl or cyclic N) is 1. The van der Waals surface area contributed by atoms with E-state index in [9.17, 15) is 23.5 Å². The normalized spacial score (nSPS) is 15.6. The van der Waals surface area contributed by atoms with E-state index in [4.69, 9.17) is 4.52 Å². The zero-order valence-electron chi connectivity index (χ0n) is 21.7. The summed E-state index contributed by atoms with van der Waals surface area (Å²) in [7, 11) is 0. The van der Waals surface area contributed by atoms with Crippen molar-refractivity contribution in [2.45, 2.75) is 50.8 Å². The van der Waals surface area contributed by atoms with Gasteiger partial charge >= 0.3 is 0 Å². The first kappa shape index (κ1) is 27.3. The number of aliphatic hydroxyl groups is 1. The molecule has 9 nitrogen and oxygen atoms in total. The molecule has 4 rings (SSSR count). The van der Waals surface area contributed by atoms with Crippen LogP contribution < -0.4 is 10.6 Å². The molecule has 0 saturated carbocycles. The minimum absolute atomic E-state index is 0.0331. The standard InChI is InChI=1S/C27H31F2N5O4/c1-25(2,37)14-34-15-27(16-34,13-23(35)31-26(3,4)22-7-5-6-10-30-22)32-24(36)20-12-21(38-33-20)18-9-8-17(28)11-19(18)29/h5-12,37H,13-16H2,1-4H3,(H,31,35)(H,32,36). The summed E-state index contributed by atoms with van der Waals surface area (Å²) >= 11 is 0. The monoisotopic (exact) mass is 527 g/mol. The molecule has 1 aromatic carbocycles. The van der Waals surface area contributed by atoms with Crippen LogP contribution >= 0.6 is 0 Å². The second-order valence-corrected chi connectivity index (χ2v) is 11.0. The molecule has 0 bridgehead atoms. The summed E-state index contributed by atoms with van der Waals surface area (Å²) in [6, 6.07) is 9.69. The van der Waals surface area contributed by atoms with Gasteiger partial charge in [0.1, 0.15) is 11.6 Å². The summed E-state index contributed by atoms with van der Waals surface area (Å²) in [5, 5.41) is 19.8. The zero-order valence-corrected chi connectivity index (χ0v) is 21.7. The van der Waals surface area contributed by atoms with E-state index in [-0.39, 0.29) is 29.3 Å². The highest BCUT2D eigenvalue weighted by molar-refractivity contribution is 5.94. The molecule has 202 valence electrons. The van der Waals surface area contributed by atoms with Gasteiger partial charge in [0, 0.05) is 38.0 Å². The van der Waals surface area contributed by atoms with Crippen molar-refractivity contribution in [3.05, 3.63) is 71.7 Å². The van der Waals surface area contributed by atoms with Gasteiger partial charge in [-0.15, -0.1) is 0 Å². The minimum atomic E-state index is -0.959. The fourth-order valence-electron chi connectivity index (χ4n) is 4.70. The predicted molar refractivity (Wildman–Crippen MR) is 135 cm³/mol. The summed E-state index contributed by atoms with van der Waals surface area (Å²) in [6.45, 7) is 8.02. The maximum Gasteiger partial charge on any atom is 0.274 e. The van der Waals surface area contributed by atoms with E-state index in [2.05, 4.69) is 20.8 Å².